The van der Waals surface area contributed by atoms with Crippen LogP contribution in [0.15, 0.2) is 0 Å². The number of carbonyl (C=O) groups excluding carboxylic acids is 2. The van der Waals surface area contributed by atoms with Gasteiger partial charge in [0.2, 0.25) is 11.8 Å². The molecule has 102 valence electrons. The molecule has 0 spiro atoms. The monoisotopic (exact) mass is 254 g/mol. The number of carbonyl (C=O) groups is 2. The van der Waals surface area contributed by atoms with Crippen LogP contribution in [0.1, 0.15) is 33.1 Å². The molecule has 0 aromatic heterocycles. The van der Waals surface area contributed by atoms with Crippen LogP contribution < -0.4 is 5.32 Å². The molecule has 0 bridgehead atoms. The fourth-order valence-electron chi connectivity index (χ4n) is 2.57. The maximum Gasteiger partial charge on any atom is 0.225 e. The van der Waals surface area contributed by atoms with Crippen LogP contribution in [0, 0.1) is 5.92 Å². The van der Waals surface area contributed by atoms with Crippen molar-refractivity contribution < 1.29 is 14.3 Å². The minimum Gasteiger partial charge on any atom is -0.376 e. The first-order valence-electron chi connectivity index (χ1n) is 6.76. The third-order valence-electron chi connectivity index (χ3n) is 3.68. The Morgan fingerprint density at radius 1 is 1.56 bits per heavy atom. The van der Waals surface area contributed by atoms with E-state index in [1.807, 2.05) is 13.8 Å². The normalized spacial score (nSPS) is 28.2. The molecule has 0 aromatic rings. The van der Waals surface area contributed by atoms with Gasteiger partial charge in [0.05, 0.1) is 12.0 Å². The molecular weight excluding hydrogens is 232 g/mol. The molecule has 2 amide bonds. The molecule has 2 atom stereocenters. The lowest BCUT2D eigenvalue weighted by atomic mass is 10.1. The summed E-state index contributed by atoms with van der Waals surface area (Å²) >= 11 is 0. The number of amides is 2. The summed E-state index contributed by atoms with van der Waals surface area (Å²) in [6.45, 7) is 5.87. The molecule has 2 rings (SSSR count). The summed E-state index contributed by atoms with van der Waals surface area (Å²) in [6, 6.07) is 0.175. The van der Waals surface area contributed by atoms with Gasteiger partial charge >= 0.3 is 0 Å². The lowest BCUT2D eigenvalue weighted by Gasteiger charge is -2.21. The number of nitrogens with zero attached hydrogens (tertiary/aromatic N) is 1. The van der Waals surface area contributed by atoms with Gasteiger partial charge in [-0.25, -0.2) is 0 Å². The molecular formula is C13H22N2O3. The predicted molar refractivity (Wildman–Crippen MR) is 66.9 cm³/mol. The van der Waals surface area contributed by atoms with Crippen molar-refractivity contribution in [1.82, 2.24) is 10.2 Å². The van der Waals surface area contributed by atoms with Gasteiger partial charge < -0.3 is 15.0 Å². The van der Waals surface area contributed by atoms with Gasteiger partial charge in [0, 0.05) is 32.2 Å². The van der Waals surface area contributed by atoms with Crippen molar-refractivity contribution in [3.05, 3.63) is 0 Å². The molecule has 0 radical (unpaired) electrons. The van der Waals surface area contributed by atoms with E-state index in [1.54, 1.807) is 4.90 Å². The van der Waals surface area contributed by atoms with Crippen molar-refractivity contribution in [2.75, 3.05) is 19.7 Å². The smallest absolute Gasteiger partial charge is 0.225 e. The first-order valence-corrected chi connectivity index (χ1v) is 6.76. The Labute approximate surface area is 108 Å². The van der Waals surface area contributed by atoms with Crippen LogP contribution in [-0.4, -0.2) is 48.6 Å². The summed E-state index contributed by atoms with van der Waals surface area (Å²) in [5, 5.41) is 2.90. The van der Waals surface area contributed by atoms with Gasteiger partial charge in [0.1, 0.15) is 0 Å². The first-order chi connectivity index (χ1) is 8.58. The number of likely N-dealkylation sites (tertiary alicyclic amines) is 1. The molecule has 18 heavy (non-hydrogen) atoms. The van der Waals surface area contributed by atoms with E-state index in [1.165, 1.54) is 0 Å². The fraction of sp³-hybridized carbons (Fsp3) is 0.846. The average molecular weight is 254 g/mol. The predicted octanol–water partition coefficient (Wildman–Crippen LogP) is 0.538. The Morgan fingerprint density at radius 2 is 2.33 bits per heavy atom. The zero-order valence-electron chi connectivity index (χ0n) is 11.1. The molecule has 0 saturated carbocycles. The Bertz CT molecular complexity index is 324. The Hall–Kier alpha value is -1.10. The summed E-state index contributed by atoms with van der Waals surface area (Å²) in [5.41, 5.74) is 0. The fourth-order valence-corrected chi connectivity index (χ4v) is 2.57. The second-order valence-corrected chi connectivity index (χ2v) is 5.42. The second kappa shape index (κ2) is 5.69. The van der Waals surface area contributed by atoms with Gasteiger partial charge in [0.25, 0.3) is 0 Å². The van der Waals surface area contributed by atoms with Crippen LogP contribution >= 0.6 is 0 Å². The number of ether oxygens (including phenoxy) is 1. The van der Waals surface area contributed by atoms with Crippen LogP contribution in [0.2, 0.25) is 0 Å². The average Bonchev–Trinajstić information content (AvgIpc) is 2.94. The molecule has 5 nitrogen and oxygen atoms in total. The van der Waals surface area contributed by atoms with Crippen molar-refractivity contribution >= 4 is 11.8 Å². The largest absolute Gasteiger partial charge is 0.376 e. The van der Waals surface area contributed by atoms with E-state index in [4.69, 9.17) is 4.74 Å². The molecule has 0 aromatic carbocycles. The minimum absolute atomic E-state index is 0.0120. The Kier molecular flexibility index (Phi) is 4.22. The molecule has 2 aliphatic rings. The van der Waals surface area contributed by atoms with Crippen LogP contribution in [0.5, 0.6) is 0 Å². The molecule has 2 fully saturated rings. The van der Waals surface area contributed by atoms with Crippen molar-refractivity contribution in [2.45, 2.75) is 45.3 Å². The molecule has 2 aliphatic heterocycles. The highest BCUT2D eigenvalue weighted by atomic mass is 16.5. The van der Waals surface area contributed by atoms with E-state index >= 15 is 0 Å². The van der Waals surface area contributed by atoms with Gasteiger partial charge in [-0.2, -0.15) is 0 Å². The third kappa shape index (κ3) is 3.02. The van der Waals surface area contributed by atoms with E-state index in [0.29, 0.717) is 19.5 Å². The number of rotatable bonds is 4. The van der Waals surface area contributed by atoms with E-state index in [-0.39, 0.29) is 29.9 Å². The Morgan fingerprint density at radius 3 is 2.89 bits per heavy atom. The maximum absolute atomic E-state index is 12.0. The van der Waals surface area contributed by atoms with Crippen LogP contribution in [0.25, 0.3) is 0 Å². The number of hydrogen-bond donors (Lipinski definition) is 1. The topological polar surface area (TPSA) is 58.6 Å². The highest BCUT2D eigenvalue weighted by Crippen LogP contribution is 2.20. The number of nitrogens with one attached hydrogen (secondary N) is 1. The highest BCUT2D eigenvalue weighted by molar-refractivity contribution is 5.89. The molecule has 0 unspecified atom stereocenters. The van der Waals surface area contributed by atoms with E-state index in [2.05, 4.69) is 5.32 Å². The number of hydrogen-bond acceptors (Lipinski definition) is 3. The van der Waals surface area contributed by atoms with Gasteiger partial charge in [-0.1, -0.05) is 0 Å². The summed E-state index contributed by atoms with van der Waals surface area (Å²) in [5.74, 6) is -0.120. The van der Waals surface area contributed by atoms with Crippen LogP contribution in [0.4, 0.5) is 0 Å². The lowest BCUT2D eigenvalue weighted by molar-refractivity contribution is -0.130. The lowest BCUT2D eigenvalue weighted by Crippen LogP contribution is -2.38. The van der Waals surface area contributed by atoms with Crippen molar-refractivity contribution in [1.29, 1.82) is 0 Å². The standard InChI is InChI=1S/C13H22N2O3/c1-9(2)15-8-10(6-12(15)16)13(17)14-7-11-4-3-5-18-11/h9-11H,3-8H2,1-2H3,(H,14,17)/t10-,11-/m1/s1. The van der Waals surface area contributed by atoms with Gasteiger partial charge in [0.15, 0.2) is 0 Å². The first kappa shape index (κ1) is 13.3. The minimum atomic E-state index is -0.193. The van der Waals surface area contributed by atoms with Gasteiger partial charge in [-0.05, 0) is 26.7 Å². The van der Waals surface area contributed by atoms with Gasteiger partial charge in [-0.3, -0.25) is 9.59 Å². The summed E-state index contributed by atoms with van der Waals surface area (Å²) in [4.78, 5) is 25.5. The molecule has 2 saturated heterocycles. The van der Waals surface area contributed by atoms with Crippen molar-refractivity contribution in [2.24, 2.45) is 5.92 Å². The molecule has 0 aliphatic carbocycles. The Balaban J connectivity index is 1.77. The van der Waals surface area contributed by atoms with E-state index in [0.717, 1.165) is 19.4 Å². The van der Waals surface area contributed by atoms with E-state index < -0.39 is 0 Å². The van der Waals surface area contributed by atoms with Crippen molar-refractivity contribution in [3.8, 4) is 0 Å². The molecule has 1 N–H and O–H groups in total. The molecule has 2 heterocycles. The van der Waals surface area contributed by atoms with Crippen LogP contribution in [-0.2, 0) is 14.3 Å². The zero-order chi connectivity index (χ0) is 13.1. The quantitative estimate of drug-likeness (QED) is 0.796. The summed E-state index contributed by atoms with van der Waals surface area (Å²) in [6.07, 6.45) is 2.59. The van der Waals surface area contributed by atoms with Crippen molar-refractivity contribution in [3.63, 3.8) is 0 Å². The van der Waals surface area contributed by atoms with Gasteiger partial charge in [-0.15, -0.1) is 0 Å². The maximum atomic E-state index is 12.0. The summed E-state index contributed by atoms with van der Waals surface area (Å²) < 4.78 is 5.45. The summed E-state index contributed by atoms with van der Waals surface area (Å²) in [7, 11) is 0. The SMILES string of the molecule is CC(C)N1C[C@H](C(=O)NC[C@H]2CCCO2)CC1=O. The second-order valence-electron chi connectivity index (χ2n) is 5.42. The zero-order valence-corrected chi connectivity index (χ0v) is 11.1. The third-order valence-corrected chi connectivity index (χ3v) is 3.68. The molecule has 5 heteroatoms. The van der Waals surface area contributed by atoms with E-state index in [9.17, 15) is 9.59 Å². The highest BCUT2D eigenvalue weighted by Gasteiger charge is 2.35. The van der Waals surface area contributed by atoms with Crippen LogP contribution in [0.3, 0.4) is 0 Å².